The predicted molar refractivity (Wildman–Crippen MR) is 77.1 cm³/mol. The highest BCUT2D eigenvalue weighted by atomic mass is 79.9. The number of thiophene rings is 1. The molecule has 0 unspecified atom stereocenters. The van der Waals surface area contributed by atoms with Crippen LogP contribution in [0.3, 0.4) is 0 Å². The van der Waals surface area contributed by atoms with Gasteiger partial charge in [-0.2, -0.15) is 0 Å². The molecule has 0 aliphatic carbocycles. The molecule has 1 heterocycles. The zero-order chi connectivity index (χ0) is 12.3. The van der Waals surface area contributed by atoms with Crippen molar-refractivity contribution in [2.75, 3.05) is 12.4 Å². The molecule has 0 saturated carbocycles. The van der Waals surface area contributed by atoms with Crippen LogP contribution < -0.4 is 10.1 Å². The first kappa shape index (κ1) is 12.5. The third-order valence-corrected chi connectivity index (χ3v) is 4.03. The van der Waals surface area contributed by atoms with E-state index in [1.165, 1.54) is 9.75 Å². The van der Waals surface area contributed by atoms with Gasteiger partial charge in [0.1, 0.15) is 5.75 Å². The number of hydrogen-bond acceptors (Lipinski definition) is 3. The van der Waals surface area contributed by atoms with Gasteiger partial charge in [0.15, 0.2) is 0 Å². The number of anilines is 1. The van der Waals surface area contributed by atoms with Crippen LogP contribution in [-0.4, -0.2) is 7.11 Å². The number of ether oxygens (including phenoxy) is 1. The van der Waals surface area contributed by atoms with Gasteiger partial charge in [-0.05, 0) is 53.2 Å². The predicted octanol–water partition coefficient (Wildman–Crippen LogP) is 4.44. The molecule has 0 aliphatic heterocycles. The molecule has 2 aromatic rings. The Morgan fingerprint density at radius 1 is 1.29 bits per heavy atom. The minimum absolute atomic E-state index is 0.850. The number of halogens is 1. The van der Waals surface area contributed by atoms with Crippen molar-refractivity contribution in [2.45, 2.75) is 13.5 Å². The second-order valence-corrected chi connectivity index (χ2v) is 5.94. The van der Waals surface area contributed by atoms with Crippen molar-refractivity contribution in [1.29, 1.82) is 0 Å². The van der Waals surface area contributed by atoms with Gasteiger partial charge in [0.05, 0.1) is 11.6 Å². The molecule has 90 valence electrons. The number of hydrogen-bond donors (Lipinski definition) is 1. The third-order valence-electron chi connectivity index (χ3n) is 2.41. The summed E-state index contributed by atoms with van der Waals surface area (Å²) in [7, 11) is 1.67. The van der Waals surface area contributed by atoms with E-state index in [4.69, 9.17) is 4.74 Å². The van der Waals surface area contributed by atoms with Crippen LogP contribution in [-0.2, 0) is 6.54 Å². The summed E-state index contributed by atoms with van der Waals surface area (Å²) < 4.78 is 6.16. The number of nitrogens with one attached hydrogen (secondary N) is 1. The van der Waals surface area contributed by atoms with E-state index >= 15 is 0 Å². The van der Waals surface area contributed by atoms with Crippen LogP contribution in [0.15, 0.2) is 34.8 Å². The van der Waals surface area contributed by atoms with E-state index < -0.39 is 0 Å². The maximum absolute atomic E-state index is 5.19. The molecule has 0 amide bonds. The Labute approximate surface area is 114 Å². The van der Waals surface area contributed by atoms with Crippen LogP contribution in [0.25, 0.3) is 0 Å². The van der Waals surface area contributed by atoms with Crippen molar-refractivity contribution in [2.24, 2.45) is 0 Å². The SMILES string of the molecule is COc1ccc(NCc2ccc(C)s2)cc1Br. The molecule has 0 fully saturated rings. The molecule has 0 spiro atoms. The molecule has 2 rings (SSSR count). The van der Waals surface area contributed by atoms with Crippen LogP contribution in [0.1, 0.15) is 9.75 Å². The fourth-order valence-corrected chi connectivity index (χ4v) is 2.92. The van der Waals surface area contributed by atoms with Gasteiger partial charge in [0.2, 0.25) is 0 Å². The second-order valence-electron chi connectivity index (χ2n) is 3.72. The summed E-state index contributed by atoms with van der Waals surface area (Å²) in [6.45, 7) is 2.98. The lowest BCUT2D eigenvalue weighted by atomic mass is 10.3. The van der Waals surface area contributed by atoms with Crippen molar-refractivity contribution >= 4 is 33.0 Å². The average molecular weight is 312 g/mol. The number of rotatable bonds is 4. The number of aryl methyl sites for hydroxylation is 1. The smallest absolute Gasteiger partial charge is 0.133 e. The maximum atomic E-state index is 5.19. The second kappa shape index (κ2) is 5.56. The van der Waals surface area contributed by atoms with Gasteiger partial charge in [-0.3, -0.25) is 0 Å². The Kier molecular flexibility index (Phi) is 4.07. The van der Waals surface area contributed by atoms with Crippen molar-refractivity contribution in [1.82, 2.24) is 0 Å². The van der Waals surface area contributed by atoms with Gasteiger partial charge in [-0.15, -0.1) is 11.3 Å². The van der Waals surface area contributed by atoms with Crippen LogP contribution in [0, 0.1) is 6.92 Å². The van der Waals surface area contributed by atoms with Gasteiger partial charge in [0.25, 0.3) is 0 Å². The zero-order valence-corrected chi connectivity index (χ0v) is 12.2. The van der Waals surface area contributed by atoms with Crippen molar-refractivity contribution in [3.63, 3.8) is 0 Å². The molecular weight excluding hydrogens is 298 g/mol. The van der Waals surface area contributed by atoms with E-state index in [1.54, 1.807) is 7.11 Å². The normalized spacial score (nSPS) is 10.3. The molecule has 2 nitrogen and oxygen atoms in total. The van der Waals surface area contributed by atoms with Crippen molar-refractivity contribution in [3.8, 4) is 5.75 Å². The Balaban J connectivity index is 2.02. The molecule has 0 radical (unpaired) electrons. The number of benzene rings is 1. The Hall–Kier alpha value is -1.00. The minimum atomic E-state index is 0.850. The van der Waals surface area contributed by atoms with E-state index in [1.807, 2.05) is 29.5 Å². The summed E-state index contributed by atoms with van der Waals surface area (Å²) in [6.07, 6.45) is 0. The van der Waals surface area contributed by atoms with Gasteiger partial charge < -0.3 is 10.1 Å². The van der Waals surface area contributed by atoms with E-state index in [0.29, 0.717) is 0 Å². The van der Waals surface area contributed by atoms with Crippen LogP contribution in [0.4, 0.5) is 5.69 Å². The maximum Gasteiger partial charge on any atom is 0.133 e. The lowest BCUT2D eigenvalue weighted by Gasteiger charge is -2.08. The summed E-state index contributed by atoms with van der Waals surface area (Å²) in [5.74, 6) is 0.850. The summed E-state index contributed by atoms with van der Waals surface area (Å²) in [4.78, 5) is 2.69. The minimum Gasteiger partial charge on any atom is -0.496 e. The Morgan fingerprint density at radius 2 is 2.12 bits per heavy atom. The summed E-state index contributed by atoms with van der Waals surface area (Å²) in [6, 6.07) is 10.3. The molecule has 0 bridgehead atoms. The van der Waals surface area contributed by atoms with Crippen molar-refractivity contribution in [3.05, 3.63) is 44.6 Å². The molecule has 17 heavy (non-hydrogen) atoms. The molecule has 1 aromatic heterocycles. The van der Waals surface area contributed by atoms with E-state index in [2.05, 4.69) is 40.3 Å². The number of methoxy groups -OCH3 is 1. The summed E-state index contributed by atoms with van der Waals surface area (Å²) in [5.41, 5.74) is 1.09. The molecule has 4 heteroatoms. The van der Waals surface area contributed by atoms with Crippen LogP contribution in [0.2, 0.25) is 0 Å². The lowest BCUT2D eigenvalue weighted by Crippen LogP contribution is -1.97. The highest BCUT2D eigenvalue weighted by Gasteiger charge is 2.02. The quantitative estimate of drug-likeness (QED) is 0.901. The third kappa shape index (κ3) is 3.23. The summed E-state index contributed by atoms with van der Waals surface area (Å²) >= 11 is 5.30. The zero-order valence-electron chi connectivity index (χ0n) is 9.79. The average Bonchev–Trinajstić information content (AvgIpc) is 2.73. The van der Waals surface area contributed by atoms with Crippen molar-refractivity contribution < 1.29 is 4.74 Å². The Morgan fingerprint density at radius 3 is 2.71 bits per heavy atom. The molecule has 1 N–H and O–H groups in total. The first-order valence-electron chi connectivity index (χ1n) is 5.32. The standard InChI is InChI=1S/C13H14BrNOS/c1-9-3-5-11(17-9)8-15-10-4-6-13(16-2)12(14)7-10/h3-7,15H,8H2,1-2H3. The first-order chi connectivity index (χ1) is 8.19. The highest BCUT2D eigenvalue weighted by Crippen LogP contribution is 2.28. The van der Waals surface area contributed by atoms with Gasteiger partial charge in [0, 0.05) is 22.0 Å². The molecular formula is C13H14BrNOS. The molecule has 1 aromatic carbocycles. The van der Waals surface area contributed by atoms with E-state index in [-0.39, 0.29) is 0 Å². The Bertz CT molecular complexity index is 510. The van der Waals surface area contributed by atoms with Gasteiger partial charge >= 0.3 is 0 Å². The van der Waals surface area contributed by atoms with E-state index in [0.717, 1.165) is 22.5 Å². The van der Waals surface area contributed by atoms with Crippen LogP contribution >= 0.6 is 27.3 Å². The summed E-state index contributed by atoms with van der Waals surface area (Å²) in [5, 5.41) is 3.39. The molecule has 0 saturated heterocycles. The first-order valence-corrected chi connectivity index (χ1v) is 6.92. The fraction of sp³-hybridized carbons (Fsp3) is 0.231. The largest absolute Gasteiger partial charge is 0.496 e. The molecule has 0 atom stereocenters. The van der Waals surface area contributed by atoms with Gasteiger partial charge in [-0.1, -0.05) is 0 Å². The monoisotopic (exact) mass is 311 g/mol. The van der Waals surface area contributed by atoms with Crippen LogP contribution in [0.5, 0.6) is 5.75 Å². The fourth-order valence-electron chi connectivity index (χ4n) is 1.55. The topological polar surface area (TPSA) is 21.3 Å². The van der Waals surface area contributed by atoms with Gasteiger partial charge in [-0.25, -0.2) is 0 Å². The highest BCUT2D eigenvalue weighted by molar-refractivity contribution is 9.10. The van der Waals surface area contributed by atoms with E-state index in [9.17, 15) is 0 Å². The lowest BCUT2D eigenvalue weighted by molar-refractivity contribution is 0.412. The molecule has 0 aliphatic rings.